The molecule has 1 aliphatic rings. The molecule has 0 heterocycles. The summed E-state index contributed by atoms with van der Waals surface area (Å²) in [7, 11) is 0. The molecule has 34 heavy (non-hydrogen) atoms. The first-order chi connectivity index (χ1) is 15.9. The molecule has 1 aliphatic carbocycles. The molecule has 0 N–H and O–H groups in total. The minimum Gasteiger partial charge on any atom is -0.199 e. The Bertz CT molecular complexity index is 926. The fourth-order valence-electron chi connectivity index (χ4n) is 3.90. The number of fused-ring (bicyclic) bond motifs is 1. The summed E-state index contributed by atoms with van der Waals surface area (Å²) in [5.74, 6) is 0. The molecule has 1 heteroatoms. The smallest absolute Gasteiger partial charge is 0.199 e. The maximum Gasteiger partial charge on any atom is 4.00 e. The van der Waals surface area contributed by atoms with E-state index in [4.69, 9.17) is 0 Å². The van der Waals surface area contributed by atoms with E-state index in [0.29, 0.717) is 0 Å². The molecule has 174 valence electrons. The van der Waals surface area contributed by atoms with Crippen LogP contribution in [0.15, 0.2) is 91.0 Å². The standard InChI is InChI=1S/C12H17.3C7H7.Ti/c1-8-9(2)11-6-4-5-7-12(11)10(8)3;3*1-7-5-3-2-4-6-7;/h4-7H2,1-3H3;3*2-6H,1H2;/q4*-1;+4. The van der Waals surface area contributed by atoms with E-state index in [1.54, 1.807) is 27.8 Å². The SMILES string of the molecule is Cc1c2c([c-](C)c1C)CCCC2.[CH2-]c1ccccc1.[CH2-]c1ccccc1.[CH2-]c1ccccc1.[Ti+4]. The van der Waals surface area contributed by atoms with E-state index in [-0.39, 0.29) is 21.7 Å². The van der Waals surface area contributed by atoms with Gasteiger partial charge in [-0.3, -0.25) is 0 Å². The zero-order valence-electron chi connectivity index (χ0n) is 21.1. The van der Waals surface area contributed by atoms with Crippen LogP contribution in [-0.4, -0.2) is 0 Å². The molecule has 0 fully saturated rings. The summed E-state index contributed by atoms with van der Waals surface area (Å²) in [5, 5.41) is 0. The molecular formula is C33H38Ti. The molecule has 4 aromatic rings. The van der Waals surface area contributed by atoms with Crippen LogP contribution < -0.4 is 0 Å². The van der Waals surface area contributed by atoms with Crippen LogP contribution in [-0.2, 0) is 34.6 Å². The Morgan fingerprint density at radius 1 is 0.588 bits per heavy atom. The molecule has 0 radical (unpaired) electrons. The van der Waals surface area contributed by atoms with Gasteiger partial charge in [0.25, 0.3) is 0 Å². The van der Waals surface area contributed by atoms with Crippen molar-refractivity contribution in [3.63, 3.8) is 0 Å². The second-order valence-electron chi connectivity index (χ2n) is 8.50. The normalized spacial score (nSPS) is 11.0. The molecule has 0 atom stereocenters. The molecule has 0 unspecified atom stereocenters. The molecule has 0 saturated heterocycles. The Hall–Kier alpha value is -2.67. The Morgan fingerprint density at radius 2 is 0.941 bits per heavy atom. The van der Waals surface area contributed by atoms with Crippen LogP contribution in [0.1, 0.15) is 57.3 Å². The van der Waals surface area contributed by atoms with Gasteiger partial charge in [0.1, 0.15) is 0 Å². The number of rotatable bonds is 0. The van der Waals surface area contributed by atoms with Gasteiger partial charge in [-0.05, 0) is 0 Å². The summed E-state index contributed by atoms with van der Waals surface area (Å²) in [6.07, 6.45) is 5.46. The van der Waals surface area contributed by atoms with Gasteiger partial charge >= 0.3 is 21.7 Å². The van der Waals surface area contributed by atoms with Crippen LogP contribution in [0.4, 0.5) is 0 Å². The third-order valence-electron chi connectivity index (χ3n) is 6.03. The van der Waals surface area contributed by atoms with E-state index < -0.39 is 0 Å². The van der Waals surface area contributed by atoms with Crippen LogP contribution in [0.5, 0.6) is 0 Å². The zero-order chi connectivity index (χ0) is 24.1. The average molecular weight is 483 g/mol. The van der Waals surface area contributed by atoms with E-state index in [1.807, 2.05) is 91.0 Å². The fraction of sp³-hybridized carbons (Fsp3) is 0.212. The average Bonchev–Trinajstić information content (AvgIpc) is 3.06. The van der Waals surface area contributed by atoms with E-state index >= 15 is 0 Å². The van der Waals surface area contributed by atoms with Crippen molar-refractivity contribution in [3.8, 4) is 0 Å². The maximum atomic E-state index is 3.72. The first-order valence-electron chi connectivity index (χ1n) is 11.7. The monoisotopic (exact) mass is 482 g/mol. The van der Waals surface area contributed by atoms with Gasteiger partial charge in [-0.15, -0.1) is 36.4 Å². The van der Waals surface area contributed by atoms with E-state index in [1.165, 1.54) is 25.7 Å². The summed E-state index contributed by atoms with van der Waals surface area (Å²) in [6, 6.07) is 29.6. The van der Waals surface area contributed by atoms with Crippen molar-refractivity contribution >= 4 is 0 Å². The number of benzene rings is 3. The Morgan fingerprint density at radius 3 is 1.24 bits per heavy atom. The Balaban J connectivity index is 0.000000233. The molecular weight excluding hydrogens is 444 g/mol. The van der Waals surface area contributed by atoms with Crippen LogP contribution in [0.25, 0.3) is 0 Å². The molecule has 5 rings (SSSR count). The van der Waals surface area contributed by atoms with E-state index in [2.05, 4.69) is 41.5 Å². The molecule has 0 aromatic heterocycles. The van der Waals surface area contributed by atoms with Crippen molar-refractivity contribution in [1.82, 2.24) is 0 Å². The topological polar surface area (TPSA) is 0 Å². The van der Waals surface area contributed by atoms with Crippen molar-refractivity contribution in [1.29, 1.82) is 0 Å². The minimum atomic E-state index is 0. The Kier molecular flexibility index (Phi) is 13.9. The molecule has 0 amide bonds. The third kappa shape index (κ3) is 10.1. The van der Waals surface area contributed by atoms with Gasteiger partial charge in [0, 0.05) is 0 Å². The number of hydrogen-bond acceptors (Lipinski definition) is 0. The second kappa shape index (κ2) is 16.0. The van der Waals surface area contributed by atoms with Crippen molar-refractivity contribution in [2.45, 2.75) is 46.5 Å². The zero-order valence-corrected chi connectivity index (χ0v) is 22.7. The first kappa shape index (κ1) is 29.4. The second-order valence-corrected chi connectivity index (χ2v) is 8.50. The summed E-state index contributed by atoms with van der Waals surface area (Å²) in [4.78, 5) is 0. The van der Waals surface area contributed by atoms with Crippen molar-refractivity contribution in [3.05, 3.63) is 156 Å². The molecule has 0 aliphatic heterocycles. The molecule has 4 aromatic carbocycles. The van der Waals surface area contributed by atoms with Crippen LogP contribution in [0.3, 0.4) is 0 Å². The van der Waals surface area contributed by atoms with E-state index in [0.717, 1.165) is 16.7 Å². The van der Waals surface area contributed by atoms with Gasteiger partial charge in [0.05, 0.1) is 0 Å². The van der Waals surface area contributed by atoms with Gasteiger partial charge < -0.3 is 0 Å². The van der Waals surface area contributed by atoms with Crippen LogP contribution in [0, 0.1) is 41.5 Å². The van der Waals surface area contributed by atoms with Crippen LogP contribution in [0.2, 0.25) is 0 Å². The molecule has 0 spiro atoms. The molecule has 0 saturated carbocycles. The maximum absolute atomic E-state index is 3.72. The summed E-state index contributed by atoms with van der Waals surface area (Å²) >= 11 is 0. The minimum absolute atomic E-state index is 0. The molecule has 0 nitrogen and oxygen atoms in total. The summed E-state index contributed by atoms with van der Waals surface area (Å²) < 4.78 is 0. The van der Waals surface area contributed by atoms with Crippen molar-refractivity contribution < 1.29 is 21.7 Å². The summed E-state index contributed by atoms with van der Waals surface area (Å²) in [5.41, 5.74) is 11.3. The van der Waals surface area contributed by atoms with Crippen LogP contribution >= 0.6 is 0 Å². The summed E-state index contributed by atoms with van der Waals surface area (Å²) in [6.45, 7) is 18.0. The van der Waals surface area contributed by atoms with Gasteiger partial charge in [0.15, 0.2) is 0 Å². The fourth-order valence-corrected chi connectivity index (χ4v) is 3.90. The van der Waals surface area contributed by atoms with Gasteiger partial charge in [-0.25, -0.2) is 0 Å². The number of hydrogen-bond donors (Lipinski definition) is 0. The predicted molar refractivity (Wildman–Crippen MR) is 146 cm³/mol. The van der Waals surface area contributed by atoms with Gasteiger partial charge in [-0.1, -0.05) is 64.7 Å². The van der Waals surface area contributed by atoms with Crippen molar-refractivity contribution in [2.75, 3.05) is 0 Å². The molecule has 0 bridgehead atoms. The quantitative estimate of drug-likeness (QED) is 0.174. The van der Waals surface area contributed by atoms with Gasteiger partial charge in [0.2, 0.25) is 0 Å². The Labute approximate surface area is 223 Å². The van der Waals surface area contributed by atoms with Gasteiger partial charge in [-0.2, -0.15) is 102 Å². The first-order valence-corrected chi connectivity index (χ1v) is 11.7. The third-order valence-corrected chi connectivity index (χ3v) is 6.03. The van der Waals surface area contributed by atoms with E-state index in [9.17, 15) is 0 Å². The predicted octanol–water partition coefficient (Wildman–Crippen LogP) is 8.81. The largest absolute Gasteiger partial charge is 4.00 e. The van der Waals surface area contributed by atoms with Crippen molar-refractivity contribution in [2.24, 2.45) is 0 Å².